The average molecular weight is 745 g/mol. The normalized spacial score (nSPS) is 9.40. The standard InChI is InChI=1S/3C7H9N.C3H7NO3S.C3H7NO.C2H6O2S.C2H6.Y/c3*1-8-7-5-3-2-4-6-7;1-3(5)4-2-8(6)7;1-3(5)4-2;1-4-5(2)3;1-2;/h3*2-6,8H,1H3;2H2,1H3,(H,4,5)(H,6,7);1-2H3,(H,4,5);1-2H3;1-2H3;. The summed E-state index contributed by atoms with van der Waals surface area (Å²) >= 11 is -2.99. The molecule has 3 aromatic rings. The van der Waals surface area contributed by atoms with Gasteiger partial charge in [-0.2, -0.15) is 0 Å². The van der Waals surface area contributed by atoms with Gasteiger partial charge in [0.25, 0.3) is 0 Å². The van der Waals surface area contributed by atoms with Gasteiger partial charge in [-0.3, -0.25) is 13.8 Å². The van der Waals surface area contributed by atoms with Crippen LogP contribution >= 0.6 is 0 Å². The number of carbonyl (C=O) groups is 2. The van der Waals surface area contributed by atoms with Gasteiger partial charge in [-0.15, -0.1) is 0 Å². The molecule has 0 aliphatic heterocycles. The number of carbonyl (C=O) groups excluding carboxylic acids is 2. The molecule has 0 aromatic heterocycles. The number of anilines is 3. The quantitative estimate of drug-likeness (QED) is 0.187. The molecule has 0 fully saturated rings. The molecule has 14 heteroatoms. The van der Waals surface area contributed by atoms with E-state index in [1.165, 1.54) is 27.2 Å². The summed E-state index contributed by atoms with van der Waals surface area (Å²) in [6.45, 7) is 6.76. The van der Waals surface area contributed by atoms with E-state index in [2.05, 4.69) is 30.8 Å². The van der Waals surface area contributed by atoms with Crippen molar-refractivity contribution in [2.45, 2.75) is 27.7 Å². The van der Waals surface area contributed by atoms with E-state index in [-0.39, 0.29) is 50.4 Å². The van der Waals surface area contributed by atoms with Crippen LogP contribution in [0, 0.1) is 0 Å². The Kier molecular flexibility index (Phi) is 47.6. The van der Waals surface area contributed by atoms with Gasteiger partial charge in [0.05, 0.1) is 7.11 Å². The fourth-order valence-electron chi connectivity index (χ4n) is 1.98. The Morgan fingerprint density at radius 1 is 0.667 bits per heavy atom. The van der Waals surface area contributed by atoms with Gasteiger partial charge in [0.15, 0.2) is 22.2 Å². The molecule has 0 heterocycles. The first-order chi connectivity index (χ1) is 21.0. The van der Waals surface area contributed by atoms with E-state index in [4.69, 9.17) is 4.55 Å². The molecule has 1 radical (unpaired) electrons. The zero-order valence-corrected chi connectivity index (χ0v) is 32.7. The van der Waals surface area contributed by atoms with E-state index < -0.39 is 22.2 Å². The van der Waals surface area contributed by atoms with Crippen molar-refractivity contribution in [2.24, 2.45) is 0 Å². The van der Waals surface area contributed by atoms with Crippen molar-refractivity contribution in [3.8, 4) is 0 Å². The minimum Gasteiger partial charge on any atom is -0.388 e. The predicted octanol–water partition coefficient (Wildman–Crippen LogP) is 5.19. The second-order valence-electron chi connectivity index (χ2n) is 7.42. The number of benzene rings is 3. The first-order valence-electron chi connectivity index (χ1n) is 13.5. The summed E-state index contributed by atoms with van der Waals surface area (Å²) in [6, 6.07) is 30.2. The minimum absolute atomic E-state index is 0. The fraction of sp³-hybridized carbons (Fsp3) is 0.355. The smallest absolute Gasteiger partial charge is 0.217 e. The Labute approximate surface area is 301 Å². The Balaban J connectivity index is -0.000000141. The summed E-state index contributed by atoms with van der Waals surface area (Å²) < 4.78 is 31.8. The van der Waals surface area contributed by atoms with Crippen molar-refractivity contribution in [2.75, 3.05) is 63.4 Å². The molecule has 0 bridgehead atoms. The molecular weight excluding hydrogens is 691 g/mol. The van der Waals surface area contributed by atoms with Gasteiger partial charge in [-0.05, 0) is 36.4 Å². The molecule has 0 saturated carbocycles. The maximum Gasteiger partial charge on any atom is 0.217 e. The van der Waals surface area contributed by atoms with Crippen LogP contribution in [-0.2, 0) is 68.6 Å². The molecule has 0 spiro atoms. The predicted molar refractivity (Wildman–Crippen MR) is 190 cm³/mol. The van der Waals surface area contributed by atoms with Gasteiger partial charge < -0.3 is 31.1 Å². The van der Waals surface area contributed by atoms with E-state index in [9.17, 15) is 18.0 Å². The van der Waals surface area contributed by atoms with Crippen LogP contribution in [0.1, 0.15) is 27.7 Å². The molecule has 3 rings (SSSR count). The number of amides is 2. The third-order valence-electron chi connectivity index (χ3n) is 4.22. The van der Waals surface area contributed by atoms with Crippen molar-refractivity contribution >= 4 is 51.0 Å². The maximum atomic E-state index is 9.99. The molecule has 2 amide bonds. The van der Waals surface area contributed by atoms with Gasteiger partial charge >= 0.3 is 0 Å². The average Bonchev–Trinajstić information content (AvgIpc) is 3.07. The number of hydrogen-bond donors (Lipinski definition) is 6. The maximum absolute atomic E-state index is 9.99. The molecule has 6 N–H and O–H groups in total. The number of para-hydroxylation sites is 3. The Morgan fingerprint density at radius 3 is 1.00 bits per heavy atom. The van der Waals surface area contributed by atoms with E-state index in [0.29, 0.717) is 0 Å². The molecular formula is C31H53N5O6S2Y. The monoisotopic (exact) mass is 744 g/mol. The summed E-state index contributed by atoms with van der Waals surface area (Å²) in [5.41, 5.74) is 3.48. The number of hydrogen-bond acceptors (Lipinski definition) is 8. The Hall–Kier alpha value is -2.68. The van der Waals surface area contributed by atoms with Gasteiger partial charge in [0, 0.05) is 98.1 Å². The number of rotatable bonds is 6. The van der Waals surface area contributed by atoms with E-state index in [1.54, 1.807) is 7.05 Å². The molecule has 3 aromatic carbocycles. The van der Waals surface area contributed by atoms with Crippen LogP contribution in [0.3, 0.4) is 0 Å². The molecule has 0 aliphatic rings. The van der Waals surface area contributed by atoms with Crippen LogP contribution in [-0.4, -0.2) is 72.2 Å². The zero-order chi connectivity index (χ0) is 34.6. The first-order valence-corrected chi connectivity index (χ1v) is 16.3. The van der Waals surface area contributed by atoms with Gasteiger partial charge in [-0.1, -0.05) is 68.4 Å². The van der Waals surface area contributed by atoms with E-state index >= 15 is 0 Å². The third kappa shape index (κ3) is 48.4. The van der Waals surface area contributed by atoms with Crippen molar-refractivity contribution < 1.29 is 59.5 Å². The van der Waals surface area contributed by atoms with Gasteiger partial charge in [-0.25, -0.2) is 8.42 Å². The summed E-state index contributed by atoms with van der Waals surface area (Å²) in [6.07, 6.45) is 1.47. The largest absolute Gasteiger partial charge is 0.388 e. The molecule has 45 heavy (non-hydrogen) atoms. The van der Waals surface area contributed by atoms with Crippen molar-refractivity contribution in [3.63, 3.8) is 0 Å². The zero-order valence-electron chi connectivity index (χ0n) is 28.2. The van der Waals surface area contributed by atoms with Crippen LogP contribution in [0.2, 0.25) is 0 Å². The van der Waals surface area contributed by atoms with Crippen LogP contribution in [0.4, 0.5) is 17.1 Å². The van der Waals surface area contributed by atoms with Crippen molar-refractivity contribution in [3.05, 3.63) is 91.0 Å². The fourth-order valence-corrected chi connectivity index (χ4v) is 2.30. The minimum atomic E-state index is -1.92. The summed E-state index contributed by atoms with van der Waals surface area (Å²) in [7, 11) is 8.73. The van der Waals surface area contributed by atoms with Gasteiger partial charge in [0.1, 0.15) is 5.88 Å². The second kappa shape index (κ2) is 41.3. The van der Waals surface area contributed by atoms with Crippen LogP contribution in [0.5, 0.6) is 0 Å². The van der Waals surface area contributed by atoms with Crippen molar-refractivity contribution in [1.29, 1.82) is 0 Å². The summed E-state index contributed by atoms with van der Waals surface area (Å²) in [4.78, 5) is 19.7. The van der Waals surface area contributed by atoms with Crippen LogP contribution in [0.25, 0.3) is 0 Å². The summed E-state index contributed by atoms with van der Waals surface area (Å²) in [5.74, 6) is -0.479. The molecule has 253 valence electrons. The Morgan fingerprint density at radius 2 is 0.911 bits per heavy atom. The molecule has 2 unspecified atom stereocenters. The topological polar surface area (TPSA) is 158 Å². The second-order valence-corrected chi connectivity index (χ2v) is 9.49. The van der Waals surface area contributed by atoms with E-state index in [1.807, 2.05) is 126 Å². The molecule has 2 atom stereocenters. The van der Waals surface area contributed by atoms with Crippen LogP contribution in [0.15, 0.2) is 91.0 Å². The van der Waals surface area contributed by atoms with Crippen LogP contribution < -0.4 is 26.6 Å². The van der Waals surface area contributed by atoms with E-state index in [0.717, 1.165) is 17.1 Å². The third-order valence-corrected chi connectivity index (χ3v) is 5.08. The summed E-state index contributed by atoms with van der Waals surface area (Å²) in [5, 5.41) is 13.6. The van der Waals surface area contributed by atoms with Gasteiger partial charge in [0.2, 0.25) is 11.8 Å². The van der Waals surface area contributed by atoms with Crippen molar-refractivity contribution in [1.82, 2.24) is 10.6 Å². The molecule has 11 nitrogen and oxygen atoms in total. The first kappa shape index (κ1) is 51.9. The molecule has 0 saturated heterocycles. The Bertz CT molecular complexity index is 966. The SMILES string of the molecule is CC.CC(=O)NCS(=O)O.CNC(C)=O.CNc1ccccc1.CNc1ccccc1.CNc1ccccc1.COS(C)=O.[Y]. The number of nitrogens with one attached hydrogen (secondary N) is 5. The molecule has 0 aliphatic carbocycles.